The normalized spacial score (nSPS) is 18.9. The number of hydrogen-bond acceptors (Lipinski definition) is 2. The molecule has 1 unspecified atom stereocenters. The maximum atomic E-state index is 12.4. The summed E-state index contributed by atoms with van der Waals surface area (Å²) in [6.45, 7) is 3.36. The van der Waals surface area contributed by atoms with Crippen LogP contribution >= 0.6 is 11.6 Å². The van der Waals surface area contributed by atoms with E-state index in [2.05, 4.69) is 5.32 Å². The SMILES string of the molecule is Cc1ccc(NC(=O)N2CCCCC2CCN)cc1Cl. The molecule has 0 aromatic heterocycles. The zero-order valence-corrected chi connectivity index (χ0v) is 12.6. The molecule has 5 heteroatoms. The molecule has 0 aliphatic carbocycles. The van der Waals surface area contributed by atoms with E-state index in [1.165, 1.54) is 6.42 Å². The van der Waals surface area contributed by atoms with Crippen LogP contribution in [0.25, 0.3) is 0 Å². The van der Waals surface area contributed by atoms with Crippen LogP contribution in [0.15, 0.2) is 18.2 Å². The van der Waals surface area contributed by atoms with Crippen LogP contribution in [0.1, 0.15) is 31.2 Å². The number of hydrogen-bond donors (Lipinski definition) is 2. The van der Waals surface area contributed by atoms with Gasteiger partial charge in [0.15, 0.2) is 0 Å². The second kappa shape index (κ2) is 6.95. The molecule has 2 amide bonds. The maximum Gasteiger partial charge on any atom is 0.322 e. The van der Waals surface area contributed by atoms with Crippen molar-refractivity contribution in [1.82, 2.24) is 4.90 Å². The molecule has 0 bridgehead atoms. The highest BCUT2D eigenvalue weighted by Gasteiger charge is 2.26. The number of amides is 2. The Labute approximate surface area is 125 Å². The molecule has 1 aliphatic heterocycles. The van der Waals surface area contributed by atoms with Crippen molar-refractivity contribution in [2.45, 2.75) is 38.6 Å². The van der Waals surface area contributed by atoms with Gasteiger partial charge in [0.2, 0.25) is 0 Å². The molecular formula is C15H22ClN3O. The molecule has 1 fully saturated rings. The quantitative estimate of drug-likeness (QED) is 0.898. The number of piperidine rings is 1. The molecule has 3 N–H and O–H groups in total. The Hall–Kier alpha value is -1.26. The van der Waals surface area contributed by atoms with Crippen LogP contribution in [0.4, 0.5) is 10.5 Å². The number of nitrogens with zero attached hydrogens (tertiary/aromatic N) is 1. The molecule has 1 saturated heterocycles. The number of urea groups is 1. The largest absolute Gasteiger partial charge is 0.330 e. The number of nitrogens with two attached hydrogens (primary N) is 1. The van der Waals surface area contributed by atoms with Gasteiger partial charge in [-0.25, -0.2) is 4.79 Å². The Kier molecular flexibility index (Phi) is 5.26. The number of benzene rings is 1. The van der Waals surface area contributed by atoms with Crippen molar-refractivity contribution < 1.29 is 4.79 Å². The first-order valence-corrected chi connectivity index (χ1v) is 7.53. The summed E-state index contributed by atoms with van der Waals surface area (Å²) < 4.78 is 0. The van der Waals surface area contributed by atoms with Crippen LogP contribution in [0, 0.1) is 6.92 Å². The highest BCUT2D eigenvalue weighted by atomic mass is 35.5. The van der Waals surface area contributed by atoms with Crippen molar-refractivity contribution >= 4 is 23.3 Å². The lowest BCUT2D eigenvalue weighted by Crippen LogP contribution is -2.46. The van der Waals surface area contributed by atoms with Gasteiger partial charge in [0.25, 0.3) is 0 Å². The average molecular weight is 296 g/mol. The minimum atomic E-state index is -0.0527. The van der Waals surface area contributed by atoms with Gasteiger partial charge in [-0.1, -0.05) is 17.7 Å². The van der Waals surface area contributed by atoms with E-state index in [1.807, 2.05) is 24.0 Å². The third-order valence-corrected chi connectivity index (χ3v) is 4.22. The molecule has 110 valence electrons. The molecule has 1 atom stereocenters. The number of likely N-dealkylation sites (tertiary alicyclic amines) is 1. The molecule has 4 nitrogen and oxygen atoms in total. The number of aryl methyl sites for hydroxylation is 1. The van der Waals surface area contributed by atoms with Gasteiger partial charge in [0.05, 0.1) is 0 Å². The van der Waals surface area contributed by atoms with Gasteiger partial charge in [-0.3, -0.25) is 0 Å². The highest BCUT2D eigenvalue weighted by Crippen LogP contribution is 2.23. The molecule has 20 heavy (non-hydrogen) atoms. The maximum absolute atomic E-state index is 12.4. The lowest BCUT2D eigenvalue weighted by atomic mass is 10.00. The van der Waals surface area contributed by atoms with E-state index < -0.39 is 0 Å². The summed E-state index contributed by atoms with van der Waals surface area (Å²) in [6, 6.07) is 5.78. The number of anilines is 1. The van der Waals surface area contributed by atoms with E-state index >= 15 is 0 Å². The highest BCUT2D eigenvalue weighted by molar-refractivity contribution is 6.31. The van der Waals surface area contributed by atoms with Crippen molar-refractivity contribution in [2.75, 3.05) is 18.4 Å². The third-order valence-electron chi connectivity index (χ3n) is 3.81. The fraction of sp³-hybridized carbons (Fsp3) is 0.533. The molecule has 1 aliphatic rings. The Balaban J connectivity index is 2.03. The topological polar surface area (TPSA) is 58.4 Å². The predicted octanol–water partition coefficient (Wildman–Crippen LogP) is 3.38. The molecular weight excluding hydrogens is 274 g/mol. The minimum Gasteiger partial charge on any atom is -0.330 e. The first kappa shape index (κ1) is 15.1. The van der Waals surface area contributed by atoms with E-state index in [9.17, 15) is 4.79 Å². The fourth-order valence-corrected chi connectivity index (χ4v) is 2.81. The lowest BCUT2D eigenvalue weighted by molar-refractivity contribution is 0.159. The van der Waals surface area contributed by atoms with Crippen molar-refractivity contribution in [3.05, 3.63) is 28.8 Å². The summed E-state index contributed by atoms with van der Waals surface area (Å²) in [5, 5.41) is 3.60. The molecule has 1 heterocycles. The Morgan fingerprint density at radius 2 is 2.30 bits per heavy atom. The Morgan fingerprint density at radius 1 is 1.50 bits per heavy atom. The van der Waals surface area contributed by atoms with Gasteiger partial charge in [-0.2, -0.15) is 0 Å². The van der Waals surface area contributed by atoms with E-state index in [0.717, 1.165) is 37.1 Å². The molecule has 1 aromatic rings. The van der Waals surface area contributed by atoms with Gasteiger partial charge in [-0.15, -0.1) is 0 Å². The van der Waals surface area contributed by atoms with Crippen LogP contribution in [0.3, 0.4) is 0 Å². The number of carbonyl (C=O) groups excluding carboxylic acids is 1. The molecule has 0 radical (unpaired) electrons. The van der Waals surface area contributed by atoms with Crippen LogP contribution < -0.4 is 11.1 Å². The van der Waals surface area contributed by atoms with Crippen LogP contribution in [-0.2, 0) is 0 Å². The first-order valence-electron chi connectivity index (χ1n) is 7.15. The predicted molar refractivity (Wildman–Crippen MR) is 83.2 cm³/mol. The smallest absolute Gasteiger partial charge is 0.322 e. The Bertz CT molecular complexity index is 476. The van der Waals surface area contributed by atoms with Crippen molar-refractivity contribution in [3.63, 3.8) is 0 Å². The minimum absolute atomic E-state index is 0.0527. The number of carbonyl (C=O) groups is 1. The molecule has 2 rings (SSSR count). The third kappa shape index (κ3) is 3.64. The van der Waals surface area contributed by atoms with Crippen LogP contribution in [-0.4, -0.2) is 30.1 Å². The van der Waals surface area contributed by atoms with E-state index in [-0.39, 0.29) is 12.1 Å². The molecule has 0 saturated carbocycles. The number of halogens is 1. The number of nitrogens with one attached hydrogen (secondary N) is 1. The molecule has 1 aromatic carbocycles. The van der Waals surface area contributed by atoms with E-state index in [1.54, 1.807) is 6.07 Å². The monoisotopic (exact) mass is 295 g/mol. The van der Waals surface area contributed by atoms with E-state index in [0.29, 0.717) is 11.6 Å². The summed E-state index contributed by atoms with van der Waals surface area (Å²) in [5.41, 5.74) is 7.38. The van der Waals surface area contributed by atoms with Gasteiger partial charge in [0.1, 0.15) is 0 Å². The summed E-state index contributed by atoms with van der Waals surface area (Å²) in [5.74, 6) is 0. The van der Waals surface area contributed by atoms with Crippen molar-refractivity contribution in [1.29, 1.82) is 0 Å². The van der Waals surface area contributed by atoms with Crippen LogP contribution in [0.2, 0.25) is 5.02 Å². The van der Waals surface area contributed by atoms with Crippen LogP contribution in [0.5, 0.6) is 0 Å². The first-order chi connectivity index (χ1) is 9.61. The summed E-state index contributed by atoms with van der Waals surface area (Å²) in [7, 11) is 0. The summed E-state index contributed by atoms with van der Waals surface area (Å²) >= 11 is 6.08. The lowest BCUT2D eigenvalue weighted by Gasteiger charge is -2.35. The Morgan fingerprint density at radius 3 is 3.00 bits per heavy atom. The average Bonchev–Trinajstić information content (AvgIpc) is 2.44. The van der Waals surface area contributed by atoms with Crippen molar-refractivity contribution in [2.24, 2.45) is 5.73 Å². The van der Waals surface area contributed by atoms with Gasteiger partial charge < -0.3 is 16.0 Å². The number of rotatable bonds is 3. The summed E-state index contributed by atoms with van der Waals surface area (Å²) in [4.78, 5) is 14.3. The van der Waals surface area contributed by atoms with Gasteiger partial charge in [-0.05, 0) is 56.8 Å². The second-order valence-corrected chi connectivity index (χ2v) is 5.72. The van der Waals surface area contributed by atoms with Gasteiger partial charge in [0, 0.05) is 23.3 Å². The van der Waals surface area contributed by atoms with E-state index in [4.69, 9.17) is 17.3 Å². The standard InChI is InChI=1S/C15H22ClN3O/c1-11-5-6-12(10-14(11)16)18-15(20)19-9-3-2-4-13(19)7-8-17/h5-6,10,13H,2-4,7-9,17H2,1H3,(H,18,20). The van der Waals surface area contributed by atoms with Crippen molar-refractivity contribution in [3.8, 4) is 0 Å². The zero-order chi connectivity index (χ0) is 14.5. The zero-order valence-electron chi connectivity index (χ0n) is 11.9. The van der Waals surface area contributed by atoms with Gasteiger partial charge >= 0.3 is 6.03 Å². The second-order valence-electron chi connectivity index (χ2n) is 5.31. The fourth-order valence-electron chi connectivity index (χ4n) is 2.63. The summed E-state index contributed by atoms with van der Waals surface area (Å²) in [6.07, 6.45) is 4.13. The molecule has 0 spiro atoms.